The number of halogens is 1. The molecule has 0 bridgehead atoms. The van der Waals surface area contributed by atoms with Crippen molar-refractivity contribution in [2.24, 2.45) is 5.73 Å². The van der Waals surface area contributed by atoms with Gasteiger partial charge in [0.15, 0.2) is 0 Å². The van der Waals surface area contributed by atoms with Gasteiger partial charge < -0.3 is 16.4 Å². The van der Waals surface area contributed by atoms with Crippen LogP contribution in [0.3, 0.4) is 0 Å². The maximum Gasteiger partial charge on any atom is 0.237 e. The fourth-order valence-electron chi connectivity index (χ4n) is 1.47. The minimum absolute atomic E-state index is 0. The van der Waals surface area contributed by atoms with Gasteiger partial charge in [0.05, 0.1) is 6.04 Å². The lowest BCUT2D eigenvalue weighted by Gasteiger charge is -2.24. The Morgan fingerprint density at radius 3 is 2.93 bits per heavy atom. The predicted octanol–water partition coefficient (Wildman–Crippen LogP) is 0.0137. The first kappa shape index (κ1) is 13.7. The number of carbonyl (C=O) groups excluding carboxylic acids is 1. The highest BCUT2D eigenvalue weighted by Gasteiger charge is 2.18. The molecule has 4 N–H and O–H groups in total. The van der Waals surface area contributed by atoms with E-state index in [0.29, 0.717) is 6.42 Å². The van der Waals surface area contributed by atoms with E-state index in [0.717, 1.165) is 25.9 Å². The average Bonchev–Trinajstić information content (AvgIpc) is 2.18. The highest BCUT2D eigenvalue weighted by atomic mass is 35.5. The van der Waals surface area contributed by atoms with E-state index in [2.05, 4.69) is 10.6 Å². The number of hydrogen-bond acceptors (Lipinski definition) is 3. The third-order valence-corrected chi connectivity index (χ3v) is 2.42. The summed E-state index contributed by atoms with van der Waals surface area (Å²) in [5.41, 5.74) is 5.60. The minimum atomic E-state index is -0.345. The second-order valence-electron chi connectivity index (χ2n) is 3.57. The Hall–Kier alpha value is -0.320. The van der Waals surface area contributed by atoms with Crippen LogP contribution in [0, 0.1) is 0 Å². The van der Waals surface area contributed by atoms with Crippen LogP contribution in [0.4, 0.5) is 0 Å². The van der Waals surface area contributed by atoms with Crippen LogP contribution in [-0.2, 0) is 4.79 Å². The summed E-state index contributed by atoms with van der Waals surface area (Å²) in [6.45, 7) is 3.86. The lowest BCUT2D eigenvalue weighted by molar-refractivity contribution is -0.123. The number of carbonyl (C=O) groups is 1. The third-order valence-electron chi connectivity index (χ3n) is 2.42. The second-order valence-corrected chi connectivity index (χ2v) is 3.57. The van der Waals surface area contributed by atoms with Crippen LogP contribution >= 0.6 is 12.4 Å². The van der Waals surface area contributed by atoms with Crippen LogP contribution < -0.4 is 16.4 Å². The van der Waals surface area contributed by atoms with Crippen LogP contribution in [0.15, 0.2) is 0 Å². The molecule has 0 aliphatic carbocycles. The number of nitrogens with two attached hydrogens (primary N) is 1. The first-order valence-electron chi connectivity index (χ1n) is 5.00. The summed E-state index contributed by atoms with van der Waals surface area (Å²) in [5.74, 6) is -0.0174. The number of piperidine rings is 1. The van der Waals surface area contributed by atoms with Gasteiger partial charge in [-0.05, 0) is 25.8 Å². The molecule has 1 saturated heterocycles. The lowest BCUT2D eigenvalue weighted by Crippen LogP contribution is -2.50. The van der Waals surface area contributed by atoms with Crippen molar-refractivity contribution in [2.45, 2.75) is 38.3 Å². The molecule has 1 heterocycles. The molecule has 84 valence electrons. The number of hydrogen-bond donors (Lipinski definition) is 3. The maximum atomic E-state index is 11.4. The quantitative estimate of drug-likeness (QED) is 0.629. The molecular formula is C9H20ClN3O. The van der Waals surface area contributed by atoms with Crippen LogP contribution in [0.1, 0.15) is 26.2 Å². The first-order chi connectivity index (χ1) is 6.24. The van der Waals surface area contributed by atoms with Gasteiger partial charge in [-0.2, -0.15) is 0 Å². The second kappa shape index (κ2) is 7.04. The molecular weight excluding hydrogens is 202 g/mol. The summed E-state index contributed by atoms with van der Waals surface area (Å²) in [6, 6.07) is -0.0687. The van der Waals surface area contributed by atoms with Crippen molar-refractivity contribution >= 4 is 18.3 Å². The summed E-state index contributed by atoms with van der Waals surface area (Å²) >= 11 is 0. The highest BCUT2D eigenvalue weighted by Crippen LogP contribution is 2.01. The zero-order chi connectivity index (χ0) is 9.68. The zero-order valence-corrected chi connectivity index (χ0v) is 9.40. The molecule has 0 unspecified atom stereocenters. The molecule has 2 atom stereocenters. The number of nitrogens with one attached hydrogen (secondary N) is 2. The van der Waals surface area contributed by atoms with Crippen molar-refractivity contribution in [1.29, 1.82) is 0 Å². The van der Waals surface area contributed by atoms with E-state index in [1.807, 2.05) is 6.92 Å². The molecule has 0 aromatic carbocycles. The van der Waals surface area contributed by atoms with Crippen molar-refractivity contribution in [3.05, 3.63) is 0 Å². The minimum Gasteiger partial charge on any atom is -0.351 e. The summed E-state index contributed by atoms with van der Waals surface area (Å²) < 4.78 is 0. The van der Waals surface area contributed by atoms with E-state index >= 15 is 0 Å². The Morgan fingerprint density at radius 2 is 2.43 bits per heavy atom. The van der Waals surface area contributed by atoms with Crippen molar-refractivity contribution in [3.8, 4) is 0 Å². The molecule has 0 aromatic heterocycles. The molecule has 1 rings (SSSR count). The normalized spacial score (nSPS) is 23.4. The molecule has 5 heteroatoms. The van der Waals surface area contributed by atoms with E-state index in [4.69, 9.17) is 5.73 Å². The zero-order valence-electron chi connectivity index (χ0n) is 8.58. The molecule has 1 aliphatic rings. The van der Waals surface area contributed by atoms with E-state index in [9.17, 15) is 4.79 Å². The van der Waals surface area contributed by atoms with Gasteiger partial charge in [-0.3, -0.25) is 4.79 Å². The lowest BCUT2D eigenvalue weighted by atomic mass is 10.1. The smallest absolute Gasteiger partial charge is 0.237 e. The summed E-state index contributed by atoms with van der Waals surface area (Å²) in [7, 11) is 0. The fourth-order valence-corrected chi connectivity index (χ4v) is 1.47. The van der Waals surface area contributed by atoms with Gasteiger partial charge in [-0.25, -0.2) is 0 Å². The monoisotopic (exact) mass is 221 g/mol. The van der Waals surface area contributed by atoms with Crippen LogP contribution in [0.2, 0.25) is 0 Å². The molecule has 0 spiro atoms. The maximum absolute atomic E-state index is 11.4. The first-order valence-corrected chi connectivity index (χ1v) is 5.00. The van der Waals surface area contributed by atoms with Gasteiger partial charge in [0.2, 0.25) is 5.91 Å². The fraction of sp³-hybridized carbons (Fsp3) is 0.889. The van der Waals surface area contributed by atoms with Crippen LogP contribution in [-0.4, -0.2) is 31.1 Å². The Morgan fingerprint density at radius 1 is 1.71 bits per heavy atom. The molecule has 1 aliphatic heterocycles. The Balaban J connectivity index is 0.00000169. The van der Waals surface area contributed by atoms with E-state index < -0.39 is 0 Å². The highest BCUT2D eigenvalue weighted by molar-refractivity contribution is 5.85. The largest absolute Gasteiger partial charge is 0.351 e. The summed E-state index contributed by atoms with van der Waals surface area (Å²) in [4.78, 5) is 11.4. The predicted molar refractivity (Wildman–Crippen MR) is 59.5 cm³/mol. The van der Waals surface area contributed by atoms with Crippen LogP contribution in [0.25, 0.3) is 0 Å². The molecule has 0 radical (unpaired) electrons. The molecule has 1 amide bonds. The van der Waals surface area contributed by atoms with Gasteiger partial charge >= 0.3 is 0 Å². The average molecular weight is 222 g/mol. The van der Waals surface area contributed by atoms with Gasteiger partial charge in [-0.15, -0.1) is 12.4 Å². The topological polar surface area (TPSA) is 67.2 Å². The SMILES string of the molecule is CC[C@@H](N)C(=O)N[C@H]1CCCNC1.Cl. The summed E-state index contributed by atoms with van der Waals surface area (Å²) in [5, 5.41) is 6.18. The van der Waals surface area contributed by atoms with Crippen molar-refractivity contribution in [1.82, 2.24) is 10.6 Å². The Bertz CT molecular complexity index is 171. The number of rotatable bonds is 3. The molecule has 1 fully saturated rings. The van der Waals surface area contributed by atoms with E-state index in [-0.39, 0.29) is 30.4 Å². The third kappa shape index (κ3) is 4.26. The standard InChI is InChI=1S/C9H19N3O.ClH/c1-2-8(10)9(13)12-7-4-3-5-11-6-7;/h7-8,11H,2-6,10H2,1H3,(H,12,13);1H/t7-,8+;/m0./s1. The van der Waals surface area contributed by atoms with Gasteiger partial charge in [0, 0.05) is 12.6 Å². The molecule has 14 heavy (non-hydrogen) atoms. The summed E-state index contributed by atoms with van der Waals surface area (Å²) in [6.07, 6.45) is 2.90. The van der Waals surface area contributed by atoms with Crippen molar-refractivity contribution in [2.75, 3.05) is 13.1 Å². The van der Waals surface area contributed by atoms with Gasteiger partial charge in [0.25, 0.3) is 0 Å². The van der Waals surface area contributed by atoms with Gasteiger partial charge in [-0.1, -0.05) is 6.92 Å². The van der Waals surface area contributed by atoms with E-state index in [1.165, 1.54) is 0 Å². The van der Waals surface area contributed by atoms with Crippen molar-refractivity contribution < 1.29 is 4.79 Å². The molecule has 4 nitrogen and oxygen atoms in total. The Kier molecular flexibility index (Phi) is 6.87. The van der Waals surface area contributed by atoms with Crippen LogP contribution in [0.5, 0.6) is 0 Å². The number of amides is 1. The Labute approximate surface area is 91.4 Å². The van der Waals surface area contributed by atoms with Gasteiger partial charge in [0.1, 0.15) is 0 Å². The van der Waals surface area contributed by atoms with Crippen molar-refractivity contribution in [3.63, 3.8) is 0 Å². The molecule has 0 aromatic rings. The molecule has 0 saturated carbocycles. The van der Waals surface area contributed by atoms with E-state index in [1.54, 1.807) is 0 Å².